The molecule has 6 heteroatoms. The molecule has 1 aliphatic heterocycles. The first kappa shape index (κ1) is 12.3. The molecular weight excluding hydrogens is 232 g/mol. The highest BCUT2D eigenvalue weighted by atomic mass is 16.2. The minimum absolute atomic E-state index is 0.124. The maximum Gasteiger partial charge on any atom is 0.251 e. The van der Waals surface area contributed by atoms with Gasteiger partial charge in [-0.3, -0.25) is 14.9 Å². The van der Waals surface area contributed by atoms with Gasteiger partial charge >= 0.3 is 0 Å². The number of nitrogens with zero attached hydrogens (tertiary/aromatic N) is 2. The molecule has 1 fully saturated rings. The molecule has 0 atom stereocenters. The van der Waals surface area contributed by atoms with Crippen LogP contribution in [0.2, 0.25) is 0 Å². The third-order valence-corrected chi connectivity index (χ3v) is 3.05. The average molecular weight is 248 g/mol. The molecule has 96 valence electrons. The zero-order valence-electron chi connectivity index (χ0n) is 10.7. The minimum Gasteiger partial charge on any atom is -0.373 e. The van der Waals surface area contributed by atoms with Crippen LogP contribution in [-0.4, -0.2) is 35.9 Å². The fraction of sp³-hybridized carbons (Fsp3) is 0.417. The Kier molecular flexibility index (Phi) is 2.94. The number of piperazine rings is 1. The zero-order valence-corrected chi connectivity index (χ0v) is 10.7. The fourth-order valence-electron chi connectivity index (χ4n) is 1.86. The van der Waals surface area contributed by atoms with Gasteiger partial charge in [0.2, 0.25) is 5.91 Å². The van der Waals surface area contributed by atoms with E-state index in [1.807, 2.05) is 12.1 Å². The average Bonchev–Trinajstić information content (AvgIpc) is 2.34. The van der Waals surface area contributed by atoms with E-state index in [4.69, 9.17) is 0 Å². The van der Waals surface area contributed by atoms with E-state index in [0.717, 1.165) is 0 Å². The largest absolute Gasteiger partial charge is 0.373 e. The summed E-state index contributed by atoms with van der Waals surface area (Å²) < 4.78 is 0. The number of pyridine rings is 1. The summed E-state index contributed by atoms with van der Waals surface area (Å²) in [6.45, 7) is 3.66. The minimum atomic E-state index is -0.798. The molecule has 18 heavy (non-hydrogen) atoms. The van der Waals surface area contributed by atoms with Crippen molar-refractivity contribution in [3.05, 3.63) is 18.2 Å². The van der Waals surface area contributed by atoms with Gasteiger partial charge in [0, 0.05) is 7.05 Å². The van der Waals surface area contributed by atoms with E-state index in [1.165, 1.54) is 0 Å². The van der Waals surface area contributed by atoms with E-state index in [-0.39, 0.29) is 18.4 Å². The summed E-state index contributed by atoms with van der Waals surface area (Å²) in [6, 6.07) is 5.44. The number of anilines is 2. The molecule has 2 rings (SSSR count). The molecule has 2 amide bonds. The monoisotopic (exact) mass is 248 g/mol. The summed E-state index contributed by atoms with van der Waals surface area (Å²) in [6.07, 6.45) is 0. The zero-order chi connectivity index (χ0) is 13.3. The van der Waals surface area contributed by atoms with E-state index >= 15 is 0 Å². The van der Waals surface area contributed by atoms with Gasteiger partial charge in [-0.15, -0.1) is 0 Å². The first-order chi connectivity index (χ1) is 8.45. The van der Waals surface area contributed by atoms with Crippen molar-refractivity contribution in [1.29, 1.82) is 0 Å². The van der Waals surface area contributed by atoms with Crippen LogP contribution in [0.1, 0.15) is 13.8 Å². The fourth-order valence-corrected chi connectivity index (χ4v) is 1.86. The molecule has 0 bridgehead atoms. The van der Waals surface area contributed by atoms with Crippen molar-refractivity contribution in [2.45, 2.75) is 19.4 Å². The molecule has 1 aromatic heterocycles. The topological polar surface area (TPSA) is 74.3 Å². The number of nitrogens with one attached hydrogen (secondary N) is 2. The standard InChI is InChI=1S/C12H16N4O2/c1-12(2)11(18)15-10(17)7-16(12)9-6-4-5-8(13-3)14-9/h4-6H,7H2,1-3H3,(H,13,14)(H,15,17,18). The summed E-state index contributed by atoms with van der Waals surface area (Å²) in [7, 11) is 1.77. The summed E-state index contributed by atoms with van der Waals surface area (Å²) >= 11 is 0. The second kappa shape index (κ2) is 4.29. The summed E-state index contributed by atoms with van der Waals surface area (Å²) in [5.74, 6) is 0.683. The van der Waals surface area contributed by atoms with Crippen molar-refractivity contribution in [3.63, 3.8) is 0 Å². The number of carbonyl (C=O) groups is 2. The van der Waals surface area contributed by atoms with Crippen LogP contribution in [0, 0.1) is 0 Å². The Labute approximate surface area is 105 Å². The third kappa shape index (κ3) is 2.01. The number of hydrogen-bond acceptors (Lipinski definition) is 5. The van der Waals surface area contributed by atoms with Crippen molar-refractivity contribution in [2.24, 2.45) is 0 Å². The van der Waals surface area contributed by atoms with Gasteiger partial charge in [-0.1, -0.05) is 6.07 Å². The van der Waals surface area contributed by atoms with Crippen LogP contribution in [0.5, 0.6) is 0 Å². The Morgan fingerprint density at radius 3 is 2.78 bits per heavy atom. The van der Waals surface area contributed by atoms with E-state index in [1.54, 1.807) is 31.9 Å². The van der Waals surface area contributed by atoms with Crippen molar-refractivity contribution in [3.8, 4) is 0 Å². The summed E-state index contributed by atoms with van der Waals surface area (Å²) in [4.78, 5) is 29.4. The van der Waals surface area contributed by atoms with Crippen molar-refractivity contribution < 1.29 is 9.59 Å². The highest BCUT2D eigenvalue weighted by Gasteiger charge is 2.41. The van der Waals surface area contributed by atoms with E-state index in [2.05, 4.69) is 15.6 Å². The Hall–Kier alpha value is -2.11. The molecule has 2 heterocycles. The Balaban J connectivity index is 2.40. The maximum atomic E-state index is 11.8. The first-order valence-electron chi connectivity index (χ1n) is 5.72. The van der Waals surface area contributed by atoms with Gasteiger partial charge in [0.15, 0.2) is 0 Å². The lowest BCUT2D eigenvalue weighted by Gasteiger charge is -2.40. The molecule has 6 nitrogen and oxygen atoms in total. The van der Waals surface area contributed by atoms with E-state index in [0.29, 0.717) is 11.6 Å². The maximum absolute atomic E-state index is 11.8. The van der Waals surface area contributed by atoms with Gasteiger partial charge in [0.25, 0.3) is 5.91 Å². The molecule has 1 saturated heterocycles. The molecule has 0 spiro atoms. The second-order valence-electron chi connectivity index (χ2n) is 4.65. The second-order valence-corrected chi connectivity index (χ2v) is 4.65. The lowest BCUT2D eigenvalue weighted by atomic mass is 9.99. The number of amides is 2. The van der Waals surface area contributed by atoms with Gasteiger partial charge in [-0.25, -0.2) is 4.98 Å². The van der Waals surface area contributed by atoms with Crippen LogP contribution in [-0.2, 0) is 9.59 Å². The van der Waals surface area contributed by atoms with E-state index < -0.39 is 5.54 Å². The molecule has 0 aromatic carbocycles. The van der Waals surface area contributed by atoms with Gasteiger partial charge in [0.05, 0.1) is 6.54 Å². The number of aromatic nitrogens is 1. The highest BCUT2D eigenvalue weighted by Crippen LogP contribution is 2.25. The quantitative estimate of drug-likeness (QED) is 0.739. The molecule has 1 aromatic rings. The first-order valence-corrected chi connectivity index (χ1v) is 5.72. The van der Waals surface area contributed by atoms with Crippen LogP contribution in [0.3, 0.4) is 0 Å². The molecule has 0 radical (unpaired) electrons. The number of hydrogen-bond donors (Lipinski definition) is 2. The lowest BCUT2D eigenvalue weighted by Crippen LogP contribution is -2.64. The SMILES string of the molecule is CNc1cccc(N2CC(=O)NC(=O)C2(C)C)n1. The molecule has 0 saturated carbocycles. The van der Waals surface area contributed by atoms with Crippen LogP contribution >= 0.6 is 0 Å². The van der Waals surface area contributed by atoms with Gasteiger partial charge in [0.1, 0.15) is 17.2 Å². The van der Waals surface area contributed by atoms with Gasteiger partial charge in [-0.2, -0.15) is 0 Å². The summed E-state index contributed by atoms with van der Waals surface area (Å²) in [5.41, 5.74) is -0.798. The summed E-state index contributed by atoms with van der Waals surface area (Å²) in [5, 5.41) is 5.27. The Bertz CT molecular complexity index is 499. The van der Waals surface area contributed by atoms with Crippen LogP contribution in [0.4, 0.5) is 11.6 Å². The molecule has 1 aliphatic rings. The predicted molar refractivity (Wildman–Crippen MR) is 68.4 cm³/mol. The van der Waals surface area contributed by atoms with Crippen molar-refractivity contribution >= 4 is 23.5 Å². The van der Waals surface area contributed by atoms with Gasteiger partial charge in [-0.05, 0) is 26.0 Å². The molecular formula is C12H16N4O2. The predicted octanol–water partition coefficient (Wildman–Crippen LogP) is 0.365. The third-order valence-electron chi connectivity index (χ3n) is 3.05. The van der Waals surface area contributed by atoms with Crippen LogP contribution < -0.4 is 15.5 Å². The normalized spacial score (nSPS) is 18.5. The Morgan fingerprint density at radius 1 is 1.39 bits per heavy atom. The van der Waals surface area contributed by atoms with Gasteiger partial charge < -0.3 is 10.2 Å². The van der Waals surface area contributed by atoms with Crippen LogP contribution in [0.25, 0.3) is 0 Å². The van der Waals surface area contributed by atoms with E-state index in [9.17, 15) is 9.59 Å². The smallest absolute Gasteiger partial charge is 0.251 e. The number of carbonyl (C=O) groups excluding carboxylic acids is 2. The number of rotatable bonds is 2. The van der Waals surface area contributed by atoms with Crippen molar-refractivity contribution in [1.82, 2.24) is 10.3 Å². The van der Waals surface area contributed by atoms with Crippen molar-refractivity contribution in [2.75, 3.05) is 23.8 Å². The molecule has 0 aliphatic carbocycles. The highest BCUT2D eigenvalue weighted by molar-refractivity contribution is 6.06. The number of imide groups is 1. The molecule has 0 unspecified atom stereocenters. The Morgan fingerprint density at radius 2 is 2.11 bits per heavy atom. The van der Waals surface area contributed by atoms with Crippen LogP contribution in [0.15, 0.2) is 18.2 Å². The molecule has 2 N–H and O–H groups in total. The lowest BCUT2D eigenvalue weighted by molar-refractivity contribution is -0.135.